The van der Waals surface area contributed by atoms with Crippen molar-refractivity contribution < 1.29 is 9.59 Å². The summed E-state index contributed by atoms with van der Waals surface area (Å²) in [5, 5.41) is 9.30. The number of thioether (sulfide) groups is 2. The van der Waals surface area contributed by atoms with Crippen molar-refractivity contribution in [1.29, 1.82) is 0 Å². The van der Waals surface area contributed by atoms with Gasteiger partial charge in [0, 0.05) is 35.5 Å². The molecule has 0 radical (unpaired) electrons. The number of hydrogen-bond acceptors (Lipinski definition) is 5. The van der Waals surface area contributed by atoms with Gasteiger partial charge in [-0.3, -0.25) is 9.59 Å². The third-order valence-electron chi connectivity index (χ3n) is 4.72. The van der Waals surface area contributed by atoms with Crippen molar-refractivity contribution in [2.75, 3.05) is 38.7 Å². The first-order valence-electron chi connectivity index (χ1n) is 8.42. The van der Waals surface area contributed by atoms with Crippen LogP contribution in [-0.4, -0.2) is 60.0 Å². The van der Waals surface area contributed by atoms with E-state index < -0.39 is 5.41 Å². The predicted molar refractivity (Wildman–Crippen MR) is 106 cm³/mol. The van der Waals surface area contributed by atoms with Crippen LogP contribution < -0.4 is 16.0 Å². The third kappa shape index (κ3) is 6.48. The van der Waals surface area contributed by atoms with Gasteiger partial charge in [0.05, 0.1) is 5.41 Å². The summed E-state index contributed by atoms with van der Waals surface area (Å²) in [4.78, 5) is 25.2. The molecule has 1 atom stereocenters. The molecule has 1 aliphatic rings. The van der Waals surface area contributed by atoms with Crippen LogP contribution in [0.1, 0.15) is 40.5 Å². The molecule has 1 unspecified atom stereocenters. The number of hydrogen-bond donors (Lipinski definition) is 3. The summed E-state index contributed by atoms with van der Waals surface area (Å²) in [6.45, 7) is 11.0. The second-order valence-electron chi connectivity index (χ2n) is 7.77. The third-order valence-corrected chi connectivity index (χ3v) is 7.21. The fourth-order valence-corrected chi connectivity index (χ4v) is 2.91. The SMILES string of the molecule is CSC(C)(C)CNC(=O)CC1(C(=O)NCC(C)(C)SC)CCNC1. The molecule has 5 nitrogen and oxygen atoms in total. The lowest BCUT2D eigenvalue weighted by Crippen LogP contribution is -2.49. The number of carbonyl (C=O) groups is 2. The molecule has 1 aliphatic heterocycles. The number of carbonyl (C=O) groups excluding carboxylic acids is 2. The molecule has 0 aromatic rings. The van der Waals surface area contributed by atoms with Gasteiger partial charge in [0.25, 0.3) is 0 Å². The largest absolute Gasteiger partial charge is 0.355 e. The lowest BCUT2D eigenvalue weighted by Gasteiger charge is -2.30. The molecule has 0 aromatic carbocycles. The highest BCUT2D eigenvalue weighted by Crippen LogP contribution is 2.31. The van der Waals surface area contributed by atoms with Gasteiger partial charge < -0.3 is 16.0 Å². The van der Waals surface area contributed by atoms with E-state index in [0.717, 1.165) is 6.54 Å². The van der Waals surface area contributed by atoms with Gasteiger partial charge in [0.1, 0.15) is 0 Å². The maximum absolute atomic E-state index is 12.8. The average Bonchev–Trinajstić information content (AvgIpc) is 3.00. The highest BCUT2D eigenvalue weighted by atomic mass is 32.2. The van der Waals surface area contributed by atoms with Crippen molar-refractivity contribution >= 4 is 35.3 Å². The topological polar surface area (TPSA) is 70.2 Å². The van der Waals surface area contributed by atoms with Crippen molar-refractivity contribution in [2.24, 2.45) is 5.41 Å². The summed E-state index contributed by atoms with van der Waals surface area (Å²) >= 11 is 3.45. The minimum Gasteiger partial charge on any atom is -0.355 e. The zero-order valence-electron chi connectivity index (χ0n) is 15.9. The summed E-state index contributed by atoms with van der Waals surface area (Å²) in [7, 11) is 0. The Hall–Kier alpha value is -0.400. The zero-order chi connectivity index (χ0) is 18.4. The van der Waals surface area contributed by atoms with Gasteiger partial charge >= 0.3 is 0 Å². The summed E-state index contributed by atoms with van der Waals surface area (Å²) < 4.78 is -0.00506. The van der Waals surface area contributed by atoms with E-state index >= 15 is 0 Å². The average molecular weight is 376 g/mol. The van der Waals surface area contributed by atoms with Crippen LogP contribution in [0.5, 0.6) is 0 Å². The molecule has 2 amide bonds. The molecule has 0 bridgehead atoms. The normalized spacial score (nSPS) is 21.6. The van der Waals surface area contributed by atoms with Gasteiger partial charge in [0.15, 0.2) is 0 Å². The summed E-state index contributed by atoms with van der Waals surface area (Å²) in [5.41, 5.74) is -0.623. The van der Waals surface area contributed by atoms with Gasteiger partial charge in [0.2, 0.25) is 11.8 Å². The standard InChI is InChI=1S/C17H33N3O2S2/c1-15(2,23-5)10-19-13(21)9-17(7-8-18-12-17)14(22)20-11-16(3,4)24-6/h18H,7-12H2,1-6H3,(H,19,21)(H,20,22). The molecular weight excluding hydrogens is 342 g/mol. The molecule has 1 saturated heterocycles. The van der Waals surface area contributed by atoms with Gasteiger partial charge in [-0.15, -0.1) is 0 Å². The van der Waals surface area contributed by atoms with Crippen LogP contribution >= 0.6 is 23.5 Å². The fraction of sp³-hybridized carbons (Fsp3) is 0.882. The van der Waals surface area contributed by atoms with Crippen LogP contribution in [0, 0.1) is 5.41 Å². The maximum Gasteiger partial charge on any atom is 0.228 e. The molecule has 3 N–H and O–H groups in total. The zero-order valence-corrected chi connectivity index (χ0v) is 17.5. The van der Waals surface area contributed by atoms with Crippen LogP contribution in [0.25, 0.3) is 0 Å². The second kappa shape index (κ2) is 8.81. The first-order chi connectivity index (χ1) is 11.1. The van der Waals surface area contributed by atoms with Crippen molar-refractivity contribution in [3.63, 3.8) is 0 Å². The van der Waals surface area contributed by atoms with Crippen LogP contribution in [0.3, 0.4) is 0 Å². The minimum atomic E-state index is -0.623. The smallest absolute Gasteiger partial charge is 0.228 e. The Bertz CT molecular complexity index is 447. The van der Waals surface area contributed by atoms with E-state index in [1.807, 2.05) is 12.5 Å². The number of rotatable bonds is 9. The summed E-state index contributed by atoms with van der Waals surface area (Å²) in [6, 6.07) is 0. The van der Waals surface area contributed by atoms with E-state index in [9.17, 15) is 9.59 Å². The fourth-order valence-electron chi connectivity index (χ4n) is 2.47. The molecule has 1 fully saturated rings. The van der Waals surface area contributed by atoms with E-state index in [0.29, 0.717) is 26.1 Å². The molecular formula is C17H33N3O2S2. The van der Waals surface area contributed by atoms with Gasteiger partial charge in [-0.25, -0.2) is 0 Å². The Morgan fingerprint density at radius 3 is 2.04 bits per heavy atom. The van der Waals surface area contributed by atoms with Crippen molar-refractivity contribution in [2.45, 2.75) is 50.0 Å². The van der Waals surface area contributed by atoms with Gasteiger partial charge in [-0.1, -0.05) is 0 Å². The van der Waals surface area contributed by atoms with Crippen LogP contribution in [0.15, 0.2) is 0 Å². The monoisotopic (exact) mass is 375 g/mol. The Balaban J connectivity index is 2.64. The first kappa shape index (κ1) is 21.6. The Kier molecular flexibility index (Phi) is 7.94. The predicted octanol–water partition coefficient (Wildman–Crippen LogP) is 1.87. The minimum absolute atomic E-state index is 0.00137. The maximum atomic E-state index is 12.8. The molecule has 140 valence electrons. The quantitative estimate of drug-likeness (QED) is 0.574. The molecule has 0 spiro atoms. The van der Waals surface area contributed by atoms with E-state index in [1.165, 1.54) is 0 Å². The number of amides is 2. The molecule has 1 rings (SSSR count). The highest BCUT2D eigenvalue weighted by Gasteiger charge is 2.43. The van der Waals surface area contributed by atoms with Crippen molar-refractivity contribution in [1.82, 2.24) is 16.0 Å². The lowest BCUT2D eigenvalue weighted by molar-refractivity contribution is -0.135. The molecule has 1 heterocycles. The summed E-state index contributed by atoms with van der Waals surface area (Å²) in [5.74, 6) is -0.0472. The van der Waals surface area contributed by atoms with Crippen molar-refractivity contribution in [3.8, 4) is 0 Å². The van der Waals surface area contributed by atoms with Gasteiger partial charge in [-0.05, 0) is 53.2 Å². The highest BCUT2D eigenvalue weighted by molar-refractivity contribution is 8.00. The lowest BCUT2D eigenvalue weighted by atomic mass is 9.82. The molecule has 0 aliphatic carbocycles. The Labute approximate surface area is 155 Å². The molecule has 24 heavy (non-hydrogen) atoms. The van der Waals surface area contributed by atoms with Crippen LogP contribution in [0.2, 0.25) is 0 Å². The second-order valence-corrected chi connectivity index (χ2v) is 10.8. The van der Waals surface area contributed by atoms with E-state index in [2.05, 4.69) is 43.6 Å². The van der Waals surface area contributed by atoms with E-state index in [4.69, 9.17) is 0 Å². The Morgan fingerprint density at radius 1 is 1.04 bits per heavy atom. The first-order valence-corrected chi connectivity index (χ1v) is 10.9. The summed E-state index contributed by atoms with van der Waals surface area (Å²) in [6.07, 6.45) is 5.03. The van der Waals surface area contributed by atoms with Crippen LogP contribution in [-0.2, 0) is 9.59 Å². The van der Waals surface area contributed by atoms with Crippen LogP contribution in [0.4, 0.5) is 0 Å². The van der Waals surface area contributed by atoms with E-state index in [-0.39, 0.29) is 27.7 Å². The Morgan fingerprint density at radius 2 is 1.58 bits per heavy atom. The van der Waals surface area contributed by atoms with Gasteiger partial charge in [-0.2, -0.15) is 23.5 Å². The van der Waals surface area contributed by atoms with Crippen molar-refractivity contribution in [3.05, 3.63) is 0 Å². The molecule has 0 saturated carbocycles. The van der Waals surface area contributed by atoms with E-state index in [1.54, 1.807) is 23.5 Å². The molecule has 7 heteroatoms. The number of nitrogens with one attached hydrogen (secondary N) is 3. The molecule has 0 aromatic heterocycles.